The minimum absolute atomic E-state index is 0.0672. The molecule has 0 radical (unpaired) electrons. The highest BCUT2D eigenvalue weighted by molar-refractivity contribution is 6.06. The lowest BCUT2D eigenvalue weighted by Gasteiger charge is -2.36. The van der Waals surface area contributed by atoms with Crippen LogP contribution in [0.15, 0.2) is 23.1 Å². The molecule has 0 unspecified atom stereocenters. The third-order valence-corrected chi connectivity index (χ3v) is 5.22. The lowest BCUT2D eigenvalue weighted by atomic mass is 9.93. The standard InChI is InChI=1S/C19H24N4O.C3H8/c1-11(2)14-6-12(3)7-15-17(14)16-8-20-23(13-9-21(4)10-13)18(16)22(5)19(15)24;1-3-2/h6-8,11,13H,9-10H2,1-5H3;3H2,1-2H3. The molecule has 0 atom stereocenters. The zero-order valence-electron chi connectivity index (χ0n) is 17.7. The van der Waals surface area contributed by atoms with E-state index in [2.05, 4.69) is 57.7 Å². The third kappa shape index (κ3) is 3.29. The summed E-state index contributed by atoms with van der Waals surface area (Å²) < 4.78 is 3.81. The van der Waals surface area contributed by atoms with Gasteiger partial charge in [0.05, 0.1) is 12.2 Å². The van der Waals surface area contributed by atoms with Gasteiger partial charge in [-0.25, -0.2) is 4.68 Å². The predicted octanol–water partition coefficient (Wildman–Crippen LogP) is 4.22. The van der Waals surface area contributed by atoms with Gasteiger partial charge in [-0.1, -0.05) is 45.7 Å². The maximum Gasteiger partial charge on any atom is 0.259 e. The molecule has 1 aliphatic rings. The number of pyridine rings is 1. The Morgan fingerprint density at radius 1 is 1.15 bits per heavy atom. The van der Waals surface area contributed by atoms with Crippen molar-refractivity contribution in [2.75, 3.05) is 20.1 Å². The highest BCUT2D eigenvalue weighted by atomic mass is 16.1. The van der Waals surface area contributed by atoms with Crippen LogP contribution in [0.1, 0.15) is 57.2 Å². The fraction of sp³-hybridized carbons (Fsp3) is 0.545. The molecular weight excluding hydrogens is 336 g/mol. The number of fused-ring (bicyclic) bond motifs is 3. The van der Waals surface area contributed by atoms with Crippen LogP contribution in [0.5, 0.6) is 0 Å². The second kappa shape index (κ2) is 7.47. The van der Waals surface area contributed by atoms with E-state index in [1.54, 1.807) is 4.57 Å². The van der Waals surface area contributed by atoms with Gasteiger partial charge in [0.1, 0.15) is 5.65 Å². The molecule has 0 amide bonds. The second-order valence-corrected chi connectivity index (χ2v) is 8.20. The van der Waals surface area contributed by atoms with E-state index >= 15 is 0 Å². The van der Waals surface area contributed by atoms with E-state index in [1.165, 1.54) is 12.0 Å². The Hall–Kier alpha value is -2.14. The maximum absolute atomic E-state index is 13.0. The number of aromatic nitrogens is 3. The summed E-state index contributed by atoms with van der Waals surface area (Å²) in [6.07, 6.45) is 3.19. The Morgan fingerprint density at radius 2 is 1.78 bits per heavy atom. The van der Waals surface area contributed by atoms with Crippen LogP contribution in [0.25, 0.3) is 21.8 Å². The second-order valence-electron chi connectivity index (χ2n) is 8.20. The number of hydrogen-bond donors (Lipinski definition) is 0. The Kier molecular flexibility index (Phi) is 5.43. The molecule has 3 heterocycles. The molecule has 4 rings (SSSR count). The maximum atomic E-state index is 13.0. The lowest BCUT2D eigenvalue weighted by Crippen LogP contribution is -2.45. The number of aryl methyl sites for hydroxylation is 2. The number of likely N-dealkylation sites (N-methyl/N-ethyl adjacent to an activating group) is 1. The highest BCUT2D eigenvalue weighted by Gasteiger charge is 2.28. The summed E-state index contributed by atoms with van der Waals surface area (Å²) in [6, 6.07) is 4.57. The summed E-state index contributed by atoms with van der Waals surface area (Å²) in [5.74, 6) is 0.362. The molecule has 146 valence electrons. The minimum atomic E-state index is 0.0672. The van der Waals surface area contributed by atoms with Crippen LogP contribution >= 0.6 is 0 Å². The number of hydrogen-bond acceptors (Lipinski definition) is 3. The van der Waals surface area contributed by atoms with Crippen molar-refractivity contribution in [3.63, 3.8) is 0 Å². The Balaban J connectivity index is 0.000000659. The van der Waals surface area contributed by atoms with E-state index in [-0.39, 0.29) is 5.56 Å². The molecule has 0 spiro atoms. The smallest absolute Gasteiger partial charge is 0.259 e. The Bertz CT molecular complexity index is 1020. The van der Waals surface area contributed by atoms with Crippen molar-refractivity contribution >= 4 is 21.8 Å². The summed E-state index contributed by atoms with van der Waals surface area (Å²) in [4.78, 5) is 15.3. The highest BCUT2D eigenvalue weighted by Crippen LogP contribution is 2.33. The van der Waals surface area contributed by atoms with Crippen molar-refractivity contribution in [3.8, 4) is 0 Å². The van der Waals surface area contributed by atoms with E-state index < -0.39 is 0 Å². The summed E-state index contributed by atoms with van der Waals surface area (Å²) >= 11 is 0. The first kappa shape index (κ1) is 19.6. The molecule has 2 aromatic heterocycles. The van der Waals surface area contributed by atoms with Gasteiger partial charge >= 0.3 is 0 Å². The number of rotatable bonds is 2. The third-order valence-electron chi connectivity index (χ3n) is 5.22. The van der Waals surface area contributed by atoms with E-state index in [4.69, 9.17) is 0 Å². The molecule has 5 heteroatoms. The molecule has 0 bridgehead atoms. The first-order chi connectivity index (χ1) is 12.8. The fourth-order valence-corrected chi connectivity index (χ4v) is 3.97. The van der Waals surface area contributed by atoms with Crippen LogP contribution in [-0.4, -0.2) is 39.4 Å². The minimum Gasteiger partial charge on any atom is -0.302 e. The summed E-state index contributed by atoms with van der Waals surface area (Å²) in [5.41, 5.74) is 3.38. The van der Waals surface area contributed by atoms with Gasteiger partial charge < -0.3 is 4.90 Å². The molecule has 27 heavy (non-hydrogen) atoms. The van der Waals surface area contributed by atoms with Gasteiger partial charge in [0, 0.05) is 36.3 Å². The van der Waals surface area contributed by atoms with E-state index in [0.29, 0.717) is 12.0 Å². The number of nitrogens with zero attached hydrogens (tertiary/aromatic N) is 4. The molecular formula is C22H32N4O. The number of benzene rings is 1. The normalized spacial score (nSPS) is 15.3. The molecule has 0 saturated carbocycles. The van der Waals surface area contributed by atoms with E-state index in [1.807, 2.05) is 24.0 Å². The van der Waals surface area contributed by atoms with Crippen molar-refractivity contribution in [1.82, 2.24) is 19.2 Å². The van der Waals surface area contributed by atoms with Crippen molar-refractivity contribution in [2.24, 2.45) is 7.05 Å². The molecule has 1 saturated heterocycles. The van der Waals surface area contributed by atoms with Crippen molar-refractivity contribution in [2.45, 2.75) is 53.0 Å². The van der Waals surface area contributed by atoms with Gasteiger partial charge in [-0.3, -0.25) is 9.36 Å². The van der Waals surface area contributed by atoms with Gasteiger partial charge in [0.25, 0.3) is 5.56 Å². The molecule has 1 aromatic carbocycles. The zero-order valence-corrected chi connectivity index (χ0v) is 17.7. The van der Waals surface area contributed by atoms with Crippen LogP contribution < -0.4 is 5.56 Å². The van der Waals surface area contributed by atoms with Gasteiger partial charge in [-0.05, 0) is 31.5 Å². The molecule has 0 aliphatic carbocycles. The van der Waals surface area contributed by atoms with E-state index in [0.717, 1.165) is 40.5 Å². The first-order valence-electron chi connectivity index (χ1n) is 9.99. The van der Waals surface area contributed by atoms with Gasteiger partial charge in [-0.2, -0.15) is 5.10 Å². The molecule has 1 fully saturated rings. The monoisotopic (exact) mass is 368 g/mol. The van der Waals surface area contributed by atoms with Crippen LogP contribution in [0, 0.1) is 6.92 Å². The van der Waals surface area contributed by atoms with Crippen LogP contribution in [0.2, 0.25) is 0 Å². The van der Waals surface area contributed by atoms with Crippen LogP contribution in [0.4, 0.5) is 0 Å². The van der Waals surface area contributed by atoms with E-state index in [9.17, 15) is 4.79 Å². The van der Waals surface area contributed by atoms with Gasteiger partial charge in [0.2, 0.25) is 0 Å². The lowest BCUT2D eigenvalue weighted by molar-refractivity contribution is 0.133. The van der Waals surface area contributed by atoms with Crippen molar-refractivity contribution in [3.05, 3.63) is 39.8 Å². The van der Waals surface area contributed by atoms with Crippen molar-refractivity contribution in [1.29, 1.82) is 0 Å². The summed E-state index contributed by atoms with van der Waals surface area (Å²) in [7, 11) is 3.97. The SMILES string of the molecule is CCC.Cc1cc(C(C)C)c2c(c1)c(=O)n(C)c1c2cnn1C1CN(C)C1. The topological polar surface area (TPSA) is 43.1 Å². The summed E-state index contributed by atoms with van der Waals surface area (Å²) in [5, 5.41) is 7.63. The van der Waals surface area contributed by atoms with Gasteiger partial charge in [-0.15, -0.1) is 0 Å². The largest absolute Gasteiger partial charge is 0.302 e. The average Bonchev–Trinajstić information content (AvgIpc) is 3.01. The summed E-state index contributed by atoms with van der Waals surface area (Å²) in [6.45, 7) is 12.6. The fourth-order valence-electron chi connectivity index (χ4n) is 3.97. The van der Waals surface area contributed by atoms with Crippen molar-refractivity contribution < 1.29 is 0 Å². The number of likely N-dealkylation sites (tertiary alicyclic amines) is 1. The Labute approximate surface area is 161 Å². The van der Waals surface area contributed by atoms with Gasteiger partial charge in [0.15, 0.2) is 0 Å². The van der Waals surface area contributed by atoms with Crippen LogP contribution in [0.3, 0.4) is 0 Å². The molecule has 3 aromatic rings. The molecule has 5 nitrogen and oxygen atoms in total. The predicted molar refractivity (Wildman–Crippen MR) is 114 cm³/mol. The molecule has 1 aliphatic heterocycles. The molecule has 0 N–H and O–H groups in total. The van der Waals surface area contributed by atoms with Crippen LogP contribution in [-0.2, 0) is 7.05 Å². The first-order valence-corrected chi connectivity index (χ1v) is 9.99. The Morgan fingerprint density at radius 3 is 2.33 bits per heavy atom. The quantitative estimate of drug-likeness (QED) is 0.680. The zero-order chi connectivity index (χ0) is 19.9. The average molecular weight is 369 g/mol.